The van der Waals surface area contributed by atoms with Crippen molar-refractivity contribution in [3.63, 3.8) is 0 Å². The van der Waals surface area contributed by atoms with Crippen LogP contribution in [0.15, 0.2) is 144 Å². The van der Waals surface area contributed by atoms with Gasteiger partial charge in [0.25, 0.3) is 0 Å². The number of aromatic nitrogens is 3. The van der Waals surface area contributed by atoms with Crippen molar-refractivity contribution in [3.8, 4) is 28.3 Å². The van der Waals surface area contributed by atoms with Crippen LogP contribution in [0.3, 0.4) is 0 Å². The molecule has 0 unspecified atom stereocenters. The third-order valence-electron chi connectivity index (χ3n) is 11.4. The summed E-state index contributed by atoms with van der Waals surface area (Å²) in [7, 11) is 0. The topological polar surface area (TPSA) is 43.9 Å². The van der Waals surface area contributed by atoms with Crippen LogP contribution in [-0.4, -0.2) is 14.5 Å². The number of rotatable bonds is 4. The number of aryl methyl sites for hydroxylation is 2. The molecular weight excluding hydrogens is 875 g/mol. The molecule has 57 heavy (non-hydrogen) atoms. The number of hydrogen-bond donors (Lipinski definition) is 0. The molecule has 1 radical (unpaired) electrons. The van der Waals surface area contributed by atoms with Gasteiger partial charge in [-0.05, 0) is 80.9 Å². The van der Waals surface area contributed by atoms with Crippen LogP contribution in [0, 0.1) is 12.1 Å². The Labute approximate surface area is 346 Å². The van der Waals surface area contributed by atoms with Crippen molar-refractivity contribution in [2.75, 3.05) is 0 Å². The summed E-state index contributed by atoms with van der Waals surface area (Å²) in [5, 5.41) is 7.50. The smallest absolute Gasteiger partial charge is 0.121 e. The van der Waals surface area contributed by atoms with Crippen LogP contribution in [0.25, 0.3) is 82.8 Å². The van der Waals surface area contributed by atoms with Crippen molar-refractivity contribution in [3.05, 3.63) is 174 Å². The molecule has 0 bridgehead atoms. The van der Waals surface area contributed by atoms with Gasteiger partial charge in [-0.1, -0.05) is 124 Å². The van der Waals surface area contributed by atoms with Gasteiger partial charge in [0.05, 0.1) is 22.4 Å². The molecule has 0 saturated carbocycles. The molecule has 281 valence electrons. The van der Waals surface area contributed by atoms with Gasteiger partial charge in [0.15, 0.2) is 0 Å². The molecule has 1 aliphatic carbocycles. The first kappa shape index (κ1) is 36.7. The monoisotopic (exact) mass is 916 g/mol. The van der Waals surface area contributed by atoms with E-state index in [1.54, 1.807) is 0 Å². The summed E-state index contributed by atoms with van der Waals surface area (Å²) >= 11 is 0. The van der Waals surface area contributed by atoms with Crippen molar-refractivity contribution in [2.45, 2.75) is 52.4 Å². The van der Waals surface area contributed by atoms with Gasteiger partial charge in [-0.2, -0.15) is 0 Å². The molecule has 0 atom stereocenters. The molecule has 0 saturated heterocycles. The fourth-order valence-electron chi connectivity index (χ4n) is 8.78. The predicted molar refractivity (Wildman–Crippen MR) is 232 cm³/mol. The molecule has 3 aromatic heterocycles. The van der Waals surface area contributed by atoms with E-state index < -0.39 is 0 Å². The Morgan fingerprint density at radius 1 is 0.649 bits per heavy atom. The average molecular weight is 916 g/mol. The Hall–Kier alpha value is -5.87. The van der Waals surface area contributed by atoms with E-state index in [2.05, 4.69) is 153 Å². The van der Waals surface area contributed by atoms with Gasteiger partial charge in [-0.15, -0.1) is 59.2 Å². The van der Waals surface area contributed by atoms with Crippen LogP contribution < -0.4 is 0 Å². The second kappa shape index (κ2) is 14.9. The second-order valence-electron chi connectivity index (χ2n) is 15.4. The first-order valence-electron chi connectivity index (χ1n) is 19.7. The average Bonchev–Trinajstić information content (AvgIpc) is 3.83. The molecule has 7 aromatic carbocycles. The quantitative estimate of drug-likeness (QED) is 0.130. The fourth-order valence-corrected chi connectivity index (χ4v) is 8.78. The third-order valence-corrected chi connectivity index (χ3v) is 11.4. The van der Waals surface area contributed by atoms with Crippen molar-refractivity contribution in [1.82, 2.24) is 14.5 Å². The number of furan rings is 1. The number of benzene rings is 7. The Morgan fingerprint density at radius 2 is 1.40 bits per heavy atom. The Morgan fingerprint density at radius 3 is 2.21 bits per heavy atom. The molecule has 0 amide bonds. The third kappa shape index (κ3) is 6.18. The van der Waals surface area contributed by atoms with E-state index in [9.17, 15) is 0 Å². The van der Waals surface area contributed by atoms with Gasteiger partial charge in [0, 0.05) is 37.4 Å². The summed E-state index contributed by atoms with van der Waals surface area (Å²) in [6.45, 7) is 9.04. The van der Waals surface area contributed by atoms with Gasteiger partial charge >= 0.3 is 0 Å². The maximum Gasteiger partial charge on any atom is 0.121 e. The molecule has 5 heteroatoms. The zero-order chi connectivity index (χ0) is 37.9. The Bertz CT molecular complexity index is 3070. The van der Waals surface area contributed by atoms with E-state index in [-0.39, 0.29) is 20.1 Å². The molecular formula is C52H41IrN3O-2. The minimum absolute atomic E-state index is 0. The van der Waals surface area contributed by atoms with Crippen LogP contribution in [0.5, 0.6) is 0 Å². The van der Waals surface area contributed by atoms with Gasteiger partial charge in [0.2, 0.25) is 0 Å². The van der Waals surface area contributed by atoms with Crippen LogP contribution in [0.1, 0.15) is 61.8 Å². The second-order valence-corrected chi connectivity index (χ2v) is 15.4. The largest absolute Gasteiger partial charge is 0.500 e. The van der Waals surface area contributed by atoms with E-state index in [1.807, 2.05) is 36.5 Å². The number of para-hydroxylation sites is 3. The van der Waals surface area contributed by atoms with E-state index in [0.29, 0.717) is 11.8 Å². The summed E-state index contributed by atoms with van der Waals surface area (Å²) in [5.74, 6) is 1.80. The molecule has 0 fully saturated rings. The number of imidazole rings is 1. The molecule has 0 aliphatic heterocycles. The number of nitrogens with zero attached hydrogens (tertiary/aromatic N) is 3. The van der Waals surface area contributed by atoms with Crippen LogP contribution >= 0.6 is 0 Å². The van der Waals surface area contributed by atoms with E-state index in [0.717, 1.165) is 57.7 Å². The number of hydrogen-bond acceptors (Lipinski definition) is 3. The molecule has 3 heterocycles. The molecule has 1 aliphatic rings. The Balaban J connectivity index is 0.000000146. The summed E-state index contributed by atoms with van der Waals surface area (Å²) < 4.78 is 8.65. The molecule has 0 N–H and O–H groups in total. The standard InChI is InChI=1S/C27H16NO.C25H25N2.Ir/c1-2-6-19-16(4-1)7-8-17-10-13-23-26(24(17)19)25-20-11-9-18-5-3-15-28-27(18)21(20)12-14-22(25)29-23;1-17(2)20-13-10-14-21(18(3)4)24(20)27-23-16-9-8-15-22(23)26-25(27)19-11-6-5-7-12-19;/h1-8,10,13-15H,9,11H2;5-11,13-18H,1-4H3;/q2*-1;. The number of fused-ring (bicyclic) bond motifs is 12. The minimum atomic E-state index is 0. The van der Waals surface area contributed by atoms with Crippen molar-refractivity contribution >= 4 is 54.5 Å². The Kier molecular flexibility index (Phi) is 9.60. The van der Waals surface area contributed by atoms with Gasteiger partial charge in [0.1, 0.15) is 5.58 Å². The zero-order valence-corrected chi connectivity index (χ0v) is 34.8. The molecule has 0 spiro atoms. The maximum absolute atomic E-state index is 6.31. The predicted octanol–water partition coefficient (Wildman–Crippen LogP) is 13.6. The van der Waals surface area contributed by atoms with Crippen molar-refractivity contribution in [2.24, 2.45) is 0 Å². The van der Waals surface area contributed by atoms with E-state index in [4.69, 9.17) is 9.40 Å². The first-order valence-corrected chi connectivity index (χ1v) is 19.7. The normalized spacial score (nSPS) is 12.2. The maximum atomic E-state index is 6.31. The van der Waals surface area contributed by atoms with Crippen molar-refractivity contribution < 1.29 is 24.5 Å². The van der Waals surface area contributed by atoms with E-state index in [1.165, 1.54) is 60.3 Å². The van der Waals surface area contributed by atoms with Gasteiger partial charge in [-0.25, -0.2) is 0 Å². The summed E-state index contributed by atoms with van der Waals surface area (Å²) in [6, 6.07) is 53.5. The van der Waals surface area contributed by atoms with Crippen LogP contribution in [-0.2, 0) is 32.9 Å². The number of pyridine rings is 1. The first-order chi connectivity index (χ1) is 27.5. The van der Waals surface area contributed by atoms with Gasteiger partial charge < -0.3 is 14.0 Å². The molecule has 10 aromatic rings. The zero-order valence-electron chi connectivity index (χ0n) is 32.4. The molecule has 4 nitrogen and oxygen atoms in total. The molecule has 11 rings (SSSR count). The van der Waals surface area contributed by atoms with Gasteiger partial charge in [-0.3, -0.25) is 4.98 Å². The fraction of sp³-hybridized carbons (Fsp3) is 0.154. The SMILES string of the molecule is CC(C)c1cccc(C(C)C)c1-n1c(-c2[c-]cccc2)nc2ccccc21.[Ir].[c-]1cc2oc3ccc4ccc5ccccc5c4c3c2c2c1-c1ncccc1CC2. The van der Waals surface area contributed by atoms with Crippen molar-refractivity contribution in [1.29, 1.82) is 0 Å². The minimum Gasteiger partial charge on any atom is -0.500 e. The summed E-state index contributed by atoms with van der Waals surface area (Å²) in [4.78, 5) is 9.67. The summed E-state index contributed by atoms with van der Waals surface area (Å²) in [5.41, 5.74) is 13.8. The van der Waals surface area contributed by atoms with Crippen LogP contribution in [0.2, 0.25) is 0 Å². The summed E-state index contributed by atoms with van der Waals surface area (Å²) in [6.07, 6.45) is 3.86. The van der Waals surface area contributed by atoms with E-state index >= 15 is 0 Å². The van der Waals surface area contributed by atoms with Crippen LogP contribution in [0.4, 0.5) is 0 Å².